The Hall–Kier alpha value is -0.740. The summed E-state index contributed by atoms with van der Waals surface area (Å²) in [7, 11) is 1.42. The second-order valence-electron chi connectivity index (χ2n) is 3.54. The fraction of sp³-hybridized carbons (Fsp3) is 0.500. The highest BCUT2D eigenvalue weighted by molar-refractivity contribution is 7.98. The predicted octanol–water partition coefficient (Wildman–Crippen LogP) is 3.01. The van der Waals surface area contributed by atoms with Crippen LogP contribution in [0.15, 0.2) is 18.2 Å². The summed E-state index contributed by atoms with van der Waals surface area (Å²) >= 11 is 1.74. The average molecular weight is 244 g/mol. The van der Waals surface area contributed by atoms with Gasteiger partial charge in [-0.3, -0.25) is 0 Å². The fourth-order valence-corrected chi connectivity index (χ4v) is 1.93. The molecule has 0 saturated carbocycles. The maximum absolute atomic E-state index is 13.4. The van der Waals surface area contributed by atoms with Gasteiger partial charge in [-0.15, -0.1) is 0 Å². The van der Waals surface area contributed by atoms with Crippen molar-refractivity contribution in [2.45, 2.75) is 18.9 Å². The van der Waals surface area contributed by atoms with Crippen molar-refractivity contribution in [3.05, 3.63) is 29.6 Å². The van der Waals surface area contributed by atoms with Crippen LogP contribution >= 0.6 is 11.8 Å². The Morgan fingerprint density at radius 1 is 1.50 bits per heavy atom. The van der Waals surface area contributed by atoms with Gasteiger partial charge in [0.15, 0.2) is 11.6 Å². The molecule has 1 atom stereocenters. The molecule has 1 aromatic rings. The van der Waals surface area contributed by atoms with E-state index in [2.05, 4.69) is 0 Å². The minimum absolute atomic E-state index is 0.208. The quantitative estimate of drug-likeness (QED) is 0.780. The molecule has 0 fully saturated rings. The molecule has 0 spiro atoms. The molecule has 0 aliphatic rings. The predicted molar refractivity (Wildman–Crippen MR) is 65.5 cm³/mol. The molecule has 4 heteroatoms. The van der Waals surface area contributed by atoms with Gasteiger partial charge < -0.3 is 9.84 Å². The van der Waals surface area contributed by atoms with Gasteiger partial charge in [-0.25, -0.2) is 4.39 Å². The lowest BCUT2D eigenvalue weighted by Gasteiger charge is -2.11. The Balaban J connectivity index is 2.62. The summed E-state index contributed by atoms with van der Waals surface area (Å²) in [5.74, 6) is 0.791. The number of ether oxygens (including phenoxy) is 1. The van der Waals surface area contributed by atoms with Crippen LogP contribution in [0.3, 0.4) is 0 Å². The van der Waals surface area contributed by atoms with Crippen molar-refractivity contribution in [1.29, 1.82) is 0 Å². The van der Waals surface area contributed by atoms with Gasteiger partial charge in [0.2, 0.25) is 0 Å². The van der Waals surface area contributed by atoms with Crippen molar-refractivity contribution in [2.24, 2.45) is 0 Å². The second-order valence-corrected chi connectivity index (χ2v) is 4.53. The number of thioether (sulfide) groups is 1. The van der Waals surface area contributed by atoms with Crippen molar-refractivity contribution >= 4 is 11.8 Å². The second kappa shape index (κ2) is 6.76. The zero-order chi connectivity index (χ0) is 12.0. The normalized spacial score (nSPS) is 12.5. The summed E-state index contributed by atoms with van der Waals surface area (Å²) in [5.41, 5.74) is 0.611. The molecule has 1 rings (SSSR count). The molecule has 0 saturated heterocycles. The Bertz CT molecular complexity index is 331. The summed E-state index contributed by atoms with van der Waals surface area (Å²) in [5, 5.41) is 9.82. The van der Waals surface area contributed by atoms with Crippen molar-refractivity contribution in [3.8, 4) is 5.75 Å². The maximum atomic E-state index is 13.4. The summed E-state index contributed by atoms with van der Waals surface area (Å²) < 4.78 is 18.2. The molecular weight excluding hydrogens is 227 g/mol. The van der Waals surface area contributed by atoms with Crippen LogP contribution in [0, 0.1) is 5.82 Å². The highest BCUT2D eigenvalue weighted by atomic mass is 32.2. The first-order valence-electron chi connectivity index (χ1n) is 5.19. The van der Waals surface area contributed by atoms with Gasteiger partial charge in [-0.2, -0.15) is 11.8 Å². The van der Waals surface area contributed by atoms with Crippen LogP contribution in [-0.2, 0) is 0 Å². The van der Waals surface area contributed by atoms with Gasteiger partial charge in [-0.1, -0.05) is 6.07 Å². The van der Waals surface area contributed by atoms with Crippen LogP contribution in [0.2, 0.25) is 0 Å². The van der Waals surface area contributed by atoms with Crippen molar-refractivity contribution in [1.82, 2.24) is 0 Å². The van der Waals surface area contributed by atoms with E-state index in [9.17, 15) is 9.50 Å². The van der Waals surface area contributed by atoms with Crippen LogP contribution in [0.5, 0.6) is 5.75 Å². The molecular formula is C12H17FO2S. The van der Waals surface area contributed by atoms with E-state index in [1.54, 1.807) is 23.9 Å². The smallest absolute Gasteiger partial charge is 0.165 e. The lowest BCUT2D eigenvalue weighted by molar-refractivity contribution is 0.166. The molecule has 90 valence electrons. The van der Waals surface area contributed by atoms with Gasteiger partial charge in [0.1, 0.15) is 0 Å². The molecule has 16 heavy (non-hydrogen) atoms. The SMILES string of the molecule is COc1ccc(C(O)CCCSC)cc1F. The molecule has 1 unspecified atom stereocenters. The van der Waals surface area contributed by atoms with E-state index < -0.39 is 11.9 Å². The third-order valence-corrected chi connectivity index (χ3v) is 3.08. The molecule has 0 aliphatic heterocycles. The minimum Gasteiger partial charge on any atom is -0.494 e. The van der Waals surface area contributed by atoms with E-state index in [0.29, 0.717) is 12.0 Å². The molecule has 0 aliphatic carbocycles. The minimum atomic E-state index is -0.590. The first-order chi connectivity index (χ1) is 7.69. The number of aliphatic hydroxyl groups excluding tert-OH is 1. The monoisotopic (exact) mass is 244 g/mol. The molecule has 1 N–H and O–H groups in total. The zero-order valence-electron chi connectivity index (χ0n) is 9.57. The average Bonchev–Trinajstić information content (AvgIpc) is 2.29. The first kappa shape index (κ1) is 13.3. The van der Waals surface area contributed by atoms with Crippen LogP contribution in [0.4, 0.5) is 4.39 Å². The third-order valence-electron chi connectivity index (χ3n) is 2.39. The van der Waals surface area contributed by atoms with Crippen molar-refractivity contribution in [3.63, 3.8) is 0 Å². The Kier molecular flexibility index (Phi) is 5.63. The van der Waals surface area contributed by atoms with Crippen LogP contribution in [0.25, 0.3) is 0 Å². The standard InChI is InChI=1S/C12H17FO2S/c1-15-12-6-5-9(8-10(12)13)11(14)4-3-7-16-2/h5-6,8,11,14H,3-4,7H2,1-2H3. The van der Waals surface area contributed by atoms with E-state index in [1.807, 2.05) is 6.26 Å². The van der Waals surface area contributed by atoms with Gasteiger partial charge in [0.05, 0.1) is 13.2 Å². The van der Waals surface area contributed by atoms with Crippen LogP contribution in [-0.4, -0.2) is 24.2 Å². The van der Waals surface area contributed by atoms with E-state index in [4.69, 9.17) is 4.74 Å². The Morgan fingerprint density at radius 3 is 2.81 bits per heavy atom. The van der Waals surface area contributed by atoms with E-state index in [-0.39, 0.29) is 5.75 Å². The van der Waals surface area contributed by atoms with Gasteiger partial charge in [0, 0.05) is 0 Å². The molecule has 0 amide bonds. The van der Waals surface area contributed by atoms with Crippen molar-refractivity contribution < 1.29 is 14.2 Å². The zero-order valence-corrected chi connectivity index (χ0v) is 10.4. The Labute approximate surface area is 99.8 Å². The number of hydrogen-bond acceptors (Lipinski definition) is 3. The number of methoxy groups -OCH3 is 1. The van der Waals surface area contributed by atoms with Gasteiger partial charge in [0.25, 0.3) is 0 Å². The lowest BCUT2D eigenvalue weighted by atomic mass is 10.1. The van der Waals surface area contributed by atoms with E-state index in [0.717, 1.165) is 12.2 Å². The number of rotatable bonds is 6. The lowest BCUT2D eigenvalue weighted by Crippen LogP contribution is -1.99. The largest absolute Gasteiger partial charge is 0.494 e. The van der Waals surface area contributed by atoms with Gasteiger partial charge in [-0.05, 0) is 42.5 Å². The van der Waals surface area contributed by atoms with Crippen molar-refractivity contribution in [2.75, 3.05) is 19.1 Å². The van der Waals surface area contributed by atoms with Crippen LogP contribution < -0.4 is 4.74 Å². The molecule has 0 aromatic heterocycles. The fourth-order valence-electron chi connectivity index (χ4n) is 1.48. The number of aliphatic hydroxyl groups is 1. The molecule has 0 bridgehead atoms. The first-order valence-corrected chi connectivity index (χ1v) is 6.59. The molecule has 0 radical (unpaired) electrons. The topological polar surface area (TPSA) is 29.5 Å². The third kappa shape index (κ3) is 3.68. The van der Waals surface area contributed by atoms with Gasteiger partial charge >= 0.3 is 0 Å². The van der Waals surface area contributed by atoms with E-state index in [1.165, 1.54) is 13.2 Å². The molecule has 2 nitrogen and oxygen atoms in total. The molecule has 0 heterocycles. The molecule has 1 aromatic carbocycles. The summed E-state index contributed by atoms with van der Waals surface area (Å²) in [6.07, 6.45) is 3.02. The number of halogens is 1. The summed E-state index contributed by atoms with van der Waals surface area (Å²) in [6.45, 7) is 0. The highest BCUT2D eigenvalue weighted by Gasteiger charge is 2.10. The highest BCUT2D eigenvalue weighted by Crippen LogP contribution is 2.24. The summed E-state index contributed by atoms with van der Waals surface area (Å²) in [6, 6.07) is 4.58. The Morgan fingerprint density at radius 2 is 2.25 bits per heavy atom. The van der Waals surface area contributed by atoms with E-state index >= 15 is 0 Å². The number of hydrogen-bond donors (Lipinski definition) is 1. The number of benzene rings is 1. The van der Waals surface area contributed by atoms with Crippen LogP contribution in [0.1, 0.15) is 24.5 Å². The summed E-state index contributed by atoms with van der Waals surface area (Å²) in [4.78, 5) is 0. The maximum Gasteiger partial charge on any atom is 0.165 e.